The summed E-state index contributed by atoms with van der Waals surface area (Å²) in [6.07, 6.45) is 4.17. The van der Waals surface area contributed by atoms with Gasteiger partial charge in [-0.05, 0) is 50.1 Å². The molecular formula is C24H30N2O5S. The van der Waals surface area contributed by atoms with E-state index < -0.39 is 21.6 Å². The van der Waals surface area contributed by atoms with Crippen LogP contribution in [-0.2, 0) is 14.8 Å². The van der Waals surface area contributed by atoms with Crippen LogP contribution in [0.3, 0.4) is 0 Å². The Morgan fingerprint density at radius 1 is 1.09 bits per heavy atom. The second-order valence-corrected chi connectivity index (χ2v) is 10.3. The van der Waals surface area contributed by atoms with Crippen LogP contribution in [0.5, 0.6) is 5.75 Å². The second-order valence-electron chi connectivity index (χ2n) is 8.36. The number of aryl methyl sites for hydroxylation is 1. The summed E-state index contributed by atoms with van der Waals surface area (Å²) in [5, 5.41) is 9.25. The lowest BCUT2D eigenvalue weighted by Crippen LogP contribution is -2.48. The number of sulfonamides is 1. The number of hydrogen-bond acceptors (Lipinski definition) is 5. The number of carbonyl (C=O) groups is 1. The van der Waals surface area contributed by atoms with Crippen LogP contribution in [-0.4, -0.2) is 67.0 Å². The van der Waals surface area contributed by atoms with Crippen molar-refractivity contribution in [3.8, 4) is 5.75 Å². The van der Waals surface area contributed by atoms with Gasteiger partial charge in [0, 0.05) is 32.7 Å². The molecule has 2 aromatic carbocycles. The van der Waals surface area contributed by atoms with Crippen molar-refractivity contribution >= 4 is 22.1 Å². The average Bonchev–Trinajstić information content (AvgIpc) is 2.76. The fourth-order valence-electron chi connectivity index (χ4n) is 3.42. The van der Waals surface area contributed by atoms with Gasteiger partial charge in [-0.25, -0.2) is 13.2 Å². The Bertz CT molecular complexity index is 1070. The van der Waals surface area contributed by atoms with Gasteiger partial charge >= 0.3 is 5.97 Å². The monoisotopic (exact) mass is 458 g/mol. The third-order valence-corrected chi connectivity index (χ3v) is 7.36. The molecule has 1 fully saturated rings. The van der Waals surface area contributed by atoms with Crippen LogP contribution in [0.4, 0.5) is 0 Å². The Balaban J connectivity index is 1.61. The van der Waals surface area contributed by atoms with Crippen LogP contribution >= 0.6 is 0 Å². The van der Waals surface area contributed by atoms with E-state index in [0.29, 0.717) is 37.5 Å². The first-order valence-electron chi connectivity index (χ1n) is 10.6. The molecule has 0 radical (unpaired) electrons. The van der Waals surface area contributed by atoms with Crippen molar-refractivity contribution in [1.29, 1.82) is 0 Å². The summed E-state index contributed by atoms with van der Waals surface area (Å²) in [6.45, 7) is 7.55. The fraction of sp³-hybridized carbons (Fsp3) is 0.375. The number of ether oxygens (including phenoxy) is 1. The van der Waals surface area contributed by atoms with Gasteiger partial charge in [0.15, 0.2) is 5.60 Å². The maximum atomic E-state index is 13.1. The molecule has 0 bridgehead atoms. The molecule has 1 saturated heterocycles. The maximum absolute atomic E-state index is 13.1. The number of aliphatic carboxylic acids is 1. The molecule has 0 spiro atoms. The second kappa shape index (κ2) is 9.85. The molecule has 1 aliphatic heterocycles. The fourth-order valence-corrected chi connectivity index (χ4v) is 4.93. The molecule has 32 heavy (non-hydrogen) atoms. The van der Waals surface area contributed by atoms with Crippen LogP contribution < -0.4 is 4.74 Å². The highest BCUT2D eigenvalue weighted by Crippen LogP contribution is 2.27. The molecule has 1 aliphatic rings. The van der Waals surface area contributed by atoms with Crippen LogP contribution in [0.1, 0.15) is 25.0 Å². The van der Waals surface area contributed by atoms with Gasteiger partial charge in [-0.2, -0.15) is 4.31 Å². The van der Waals surface area contributed by atoms with Crippen molar-refractivity contribution in [2.75, 3.05) is 32.7 Å². The smallest absolute Gasteiger partial charge is 0.347 e. The topological polar surface area (TPSA) is 87.2 Å². The Morgan fingerprint density at radius 3 is 2.34 bits per heavy atom. The molecule has 1 N–H and O–H groups in total. The largest absolute Gasteiger partial charge is 0.478 e. The summed E-state index contributed by atoms with van der Waals surface area (Å²) in [6, 6.07) is 14.6. The summed E-state index contributed by atoms with van der Waals surface area (Å²) in [5.41, 5.74) is 0.310. The van der Waals surface area contributed by atoms with E-state index in [0.717, 1.165) is 12.1 Å². The van der Waals surface area contributed by atoms with Crippen LogP contribution in [0, 0.1) is 6.92 Å². The zero-order valence-corrected chi connectivity index (χ0v) is 19.5. The van der Waals surface area contributed by atoms with E-state index >= 15 is 0 Å². The van der Waals surface area contributed by atoms with Gasteiger partial charge in [-0.1, -0.05) is 42.5 Å². The zero-order chi connectivity index (χ0) is 23.4. The first kappa shape index (κ1) is 24.0. The molecule has 0 amide bonds. The minimum absolute atomic E-state index is 0.188. The number of rotatable bonds is 8. The van der Waals surface area contributed by atoms with Gasteiger partial charge in [0.2, 0.25) is 10.0 Å². The first-order valence-corrected chi connectivity index (χ1v) is 12.0. The van der Waals surface area contributed by atoms with E-state index in [1.54, 1.807) is 6.92 Å². The number of carboxylic acids is 1. The lowest BCUT2D eigenvalue weighted by atomic mass is 10.1. The highest BCUT2D eigenvalue weighted by atomic mass is 32.2. The van der Waals surface area contributed by atoms with Crippen molar-refractivity contribution < 1.29 is 23.1 Å². The van der Waals surface area contributed by atoms with Crippen LogP contribution in [0.25, 0.3) is 6.08 Å². The summed E-state index contributed by atoms with van der Waals surface area (Å²) in [4.78, 5) is 13.7. The SMILES string of the molecule is Cc1cc(S(=O)(=O)N2CCN(CC=Cc3ccccc3)CC2)ccc1OC(C)(C)C(=O)O. The highest BCUT2D eigenvalue weighted by Gasteiger charge is 2.31. The number of piperazine rings is 1. The third-order valence-electron chi connectivity index (χ3n) is 5.47. The first-order chi connectivity index (χ1) is 15.1. The standard InChI is InChI=1S/C24H30N2O5S/c1-19-18-21(11-12-22(19)31-24(2,3)23(27)28)32(29,30)26-16-14-25(15-17-26)13-7-10-20-8-5-4-6-9-20/h4-12,18H,13-17H2,1-3H3,(H,27,28). The lowest BCUT2D eigenvalue weighted by molar-refractivity contribution is -0.152. The molecule has 1 heterocycles. The molecule has 0 aromatic heterocycles. The highest BCUT2D eigenvalue weighted by molar-refractivity contribution is 7.89. The molecule has 3 rings (SSSR count). The Morgan fingerprint density at radius 2 is 1.75 bits per heavy atom. The van der Waals surface area contributed by atoms with Crippen molar-refractivity contribution in [1.82, 2.24) is 9.21 Å². The minimum Gasteiger partial charge on any atom is -0.478 e. The van der Waals surface area contributed by atoms with E-state index in [-0.39, 0.29) is 4.90 Å². The average molecular weight is 459 g/mol. The summed E-state index contributed by atoms with van der Waals surface area (Å²) >= 11 is 0. The van der Waals surface area contributed by atoms with Gasteiger partial charge in [0.1, 0.15) is 5.75 Å². The van der Waals surface area contributed by atoms with E-state index in [1.165, 1.54) is 36.4 Å². The summed E-state index contributed by atoms with van der Waals surface area (Å²) in [7, 11) is -3.63. The van der Waals surface area contributed by atoms with Crippen molar-refractivity contribution in [2.45, 2.75) is 31.3 Å². The summed E-state index contributed by atoms with van der Waals surface area (Å²) in [5.74, 6) is -0.739. The van der Waals surface area contributed by atoms with Crippen LogP contribution in [0.15, 0.2) is 59.5 Å². The third kappa shape index (κ3) is 5.76. The Labute approximate surface area is 190 Å². The molecule has 0 unspecified atom stereocenters. The molecule has 0 atom stereocenters. The number of hydrogen-bond donors (Lipinski definition) is 1. The van der Waals surface area contributed by atoms with Gasteiger partial charge in [-0.15, -0.1) is 0 Å². The van der Waals surface area contributed by atoms with E-state index in [9.17, 15) is 18.3 Å². The van der Waals surface area contributed by atoms with Crippen molar-refractivity contribution in [3.05, 3.63) is 65.7 Å². The number of benzene rings is 2. The predicted molar refractivity (Wildman–Crippen MR) is 124 cm³/mol. The molecule has 2 aromatic rings. The van der Waals surface area contributed by atoms with E-state index in [4.69, 9.17) is 4.74 Å². The molecule has 0 saturated carbocycles. The molecule has 0 aliphatic carbocycles. The van der Waals surface area contributed by atoms with Gasteiger partial charge in [-0.3, -0.25) is 4.90 Å². The summed E-state index contributed by atoms with van der Waals surface area (Å²) < 4.78 is 33.3. The minimum atomic E-state index is -3.63. The van der Waals surface area contributed by atoms with Gasteiger partial charge < -0.3 is 9.84 Å². The molecule has 8 heteroatoms. The van der Waals surface area contributed by atoms with E-state index in [1.807, 2.05) is 30.3 Å². The normalized spacial score (nSPS) is 16.3. The predicted octanol–water partition coefficient (Wildman–Crippen LogP) is 3.26. The van der Waals surface area contributed by atoms with Gasteiger partial charge in [0.05, 0.1) is 4.90 Å². The van der Waals surface area contributed by atoms with Crippen molar-refractivity contribution in [3.63, 3.8) is 0 Å². The van der Waals surface area contributed by atoms with Crippen molar-refractivity contribution in [2.24, 2.45) is 0 Å². The molecule has 172 valence electrons. The Hall–Kier alpha value is -2.68. The number of carboxylic acid groups (broad SMARTS) is 1. The van der Waals surface area contributed by atoms with E-state index in [2.05, 4.69) is 17.1 Å². The lowest BCUT2D eigenvalue weighted by Gasteiger charge is -2.33. The molecule has 7 nitrogen and oxygen atoms in total. The van der Waals surface area contributed by atoms with Gasteiger partial charge in [0.25, 0.3) is 0 Å². The Kier molecular flexibility index (Phi) is 7.38. The quantitative estimate of drug-likeness (QED) is 0.653. The molecular weight excluding hydrogens is 428 g/mol. The number of nitrogens with zero attached hydrogens (tertiary/aromatic N) is 2. The maximum Gasteiger partial charge on any atom is 0.347 e. The zero-order valence-electron chi connectivity index (χ0n) is 18.7. The van der Waals surface area contributed by atoms with Crippen LogP contribution in [0.2, 0.25) is 0 Å².